The van der Waals surface area contributed by atoms with Crippen LogP contribution in [0.1, 0.15) is 43.2 Å². The van der Waals surface area contributed by atoms with Crippen molar-refractivity contribution < 1.29 is 9.53 Å². The first-order valence-corrected chi connectivity index (χ1v) is 7.10. The number of aryl methyl sites for hydroxylation is 1. The van der Waals surface area contributed by atoms with E-state index in [0.717, 1.165) is 57.3 Å². The lowest BCUT2D eigenvalue weighted by Crippen LogP contribution is -2.00. The lowest BCUT2D eigenvalue weighted by molar-refractivity contribution is -0.120. The molecule has 96 valence electrons. The molecule has 18 heavy (non-hydrogen) atoms. The Morgan fingerprint density at radius 1 is 1.28 bits per heavy atom. The third-order valence-electron chi connectivity index (χ3n) is 3.93. The van der Waals surface area contributed by atoms with Crippen LogP contribution in [0, 0.1) is 5.92 Å². The Kier molecular flexibility index (Phi) is 3.35. The summed E-state index contributed by atoms with van der Waals surface area (Å²) in [6, 6.07) is 6.52. The third-order valence-corrected chi connectivity index (χ3v) is 3.93. The molecule has 1 aromatic carbocycles. The van der Waals surface area contributed by atoms with Gasteiger partial charge in [0.05, 0.1) is 6.61 Å². The first-order chi connectivity index (χ1) is 8.83. The van der Waals surface area contributed by atoms with Crippen LogP contribution < -0.4 is 4.74 Å². The van der Waals surface area contributed by atoms with E-state index >= 15 is 0 Å². The Morgan fingerprint density at radius 2 is 2.17 bits per heavy atom. The SMILES string of the molecule is O=C(CCCCc1ccc2c(c1)CCO2)C1CC1. The van der Waals surface area contributed by atoms with Gasteiger partial charge in [0.15, 0.2) is 0 Å². The number of hydrogen-bond donors (Lipinski definition) is 0. The van der Waals surface area contributed by atoms with E-state index < -0.39 is 0 Å². The van der Waals surface area contributed by atoms with Crippen LogP contribution >= 0.6 is 0 Å². The van der Waals surface area contributed by atoms with Gasteiger partial charge in [0.25, 0.3) is 0 Å². The second kappa shape index (κ2) is 5.13. The number of unbranched alkanes of at least 4 members (excludes halogenated alkanes) is 1. The van der Waals surface area contributed by atoms with E-state index in [0.29, 0.717) is 11.7 Å². The zero-order chi connectivity index (χ0) is 12.4. The van der Waals surface area contributed by atoms with Gasteiger partial charge < -0.3 is 4.74 Å². The van der Waals surface area contributed by atoms with Crippen molar-refractivity contribution in [3.8, 4) is 5.75 Å². The Hall–Kier alpha value is -1.31. The summed E-state index contributed by atoms with van der Waals surface area (Å²) in [7, 11) is 0. The second-order valence-electron chi connectivity index (χ2n) is 5.49. The molecule has 3 rings (SSSR count). The molecule has 0 spiro atoms. The maximum Gasteiger partial charge on any atom is 0.135 e. The number of hydrogen-bond acceptors (Lipinski definition) is 2. The molecule has 0 aromatic heterocycles. The van der Waals surface area contributed by atoms with Crippen molar-refractivity contribution in [1.29, 1.82) is 0 Å². The van der Waals surface area contributed by atoms with E-state index in [-0.39, 0.29) is 0 Å². The van der Waals surface area contributed by atoms with Crippen LogP contribution in [0.5, 0.6) is 5.75 Å². The number of Topliss-reactive ketones (excluding diaryl/α,β-unsaturated/α-hetero) is 1. The largest absolute Gasteiger partial charge is 0.493 e. The molecule has 1 fully saturated rings. The van der Waals surface area contributed by atoms with Crippen molar-refractivity contribution in [2.45, 2.75) is 44.9 Å². The smallest absolute Gasteiger partial charge is 0.135 e. The average Bonchev–Trinajstić information content (AvgIpc) is 3.13. The molecule has 2 heteroatoms. The minimum absolute atomic E-state index is 0.433. The molecule has 0 radical (unpaired) electrons. The van der Waals surface area contributed by atoms with Crippen LogP contribution in [0.4, 0.5) is 0 Å². The Labute approximate surface area is 108 Å². The molecule has 1 aliphatic carbocycles. The highest BCUT2D eigenvalue weighted by Gasteiger charge is 2.28. The standard InChI is InChI=1S/C16H20O2/c17-15(13-6-7-13)4-2-1-3-12-5-8-16-14(11-12)9-10-18-16/h5,8,11,13H,1-4,6-7,9-10H2. The number of carbonyl (C=O) groups excluding carboxylic acids is 1. The van der Waals surface area contributed by atoms with Gasteiger partial charge in [-0.15, -0.1) is 0 Å². The average molecular weight is 244 g/mol. The zero-order valence-electron chi connectivity index (χ0n) is 10.8. The number of fused-ring (bicyclic) bond motifs is 1. The summed E-state index contributed by atoms with van der Waals surface area (Å²) in [5.41, 5.74) is 2.74. The molecule has 1 aliphatic heterocycles. The molecule has 2 nitrogen and oxygen atoms in total. The van der Waals surface area contributed by atoms with E-state index in [4.69, 9.17) is 4.74 Å². The van der Waals surface area contributed by atoms with Crippen LogP contribution in [-0.4, -0.2) is 12.4 Å². The van der Waals surface area contributed by atoms with Crippen LogP contribution in [0.2, 0.25) is 0 Å². The molecule has 0 amide bonds. The minimum Gasteiger partial charge on any atom is -0.493 e. The highest BCUT2D eigenvalue weighted by atomic mass is 16.5. The van der Waals surface area contributed by atoms with E-state index in [1.54, 1.807) is 0 Å². The summed E-state index contributed by atoms with van der Waals surface area (Å²) in [5.74, 6) is 1.99. The quantitative estimate of drug-likeness (QED) is 0.718. The van der Waals surface area contributed by atoms with Crippen LogP contribution in [0.15, 0.2) is 18.2 Å². The lowest BCUT2D eigenvalue weighted by Gasteiger charge is -2.04. The second-order valence-corrected chi connectivity index (χ2v) is 5.49. The number of carbonyl (C=O) groups is 1. The topological polar surface area (TPSA) is 26.3 Å². The van der Waals surface area contributed by atoms with Crippen molar-refractivity contribution in [1.82, 2.24) is 0 Å². The van der Waals surface area contributed by atoms with E-state index in [9.17, 15) is 4.79 Å². The highest BCUT2D eigenvalue weighted by Crippen LogP contribution is 2.31. The van der Waals surface area contributed by atoms with Gasteiger partial charge in [0, 0.05) is 18.8 Å². The predicted molar refractivity (Wildman–Crippen MR) is 70.9 cm³/mol. The first kappa shape index (κ1) is 11.8. The summed E-state index contributed by atoms with van der Waals surface area (Å²) in [6.07, 6.45) is 7.38. The van der Waals surface area contributed by atoms with E-state index in [1.165, 1.54) is 11.1 Å². The maximum atomic E-state index is 11.6. The van der Waals surface area contributed by atoms with Crippen molar-refractivity contribution >= 4 is 5.78 Å². The molecule has 1 aromatic rings. The van der Waals surface area contributed by atoms with E-state index in [1.807, 2.05) is 0 Å². The maximum absolute atomic E-state index is 11.6. The van der Waals surface area contributed by atoms with Crippen LogP contribution in [0.25, 0.3) is 0 Å². The Morgan fingerprint density at radius 3 is 3.00 bits per heavy atom. The van der Waals surface area contributed by atoms with Gasteiger partial charge in [-0.25, -0.2) is 0 Å². The summed E-state index contributed by atoms with van der Waals surface area (Å²) >= 11 is 0. The molecular weight excluding hydrogens is 224 g/mol. The molecule has 0 saturated heterocycles. The van der Waals surface area contributed by atoms with Gasteiger partial charge in [-0.3, -0.25) is 4.79 Å². The molecule has 1 heterocycles. The fourth-order valence-electron chi connectivity index (χ4n) is 2.63. The monoisotopic (exact) mass is 244 g/mol. The van der Waals surface area contributed by atoms with Crippen molar-refractivity contribution in [3.63, 3.8) is 0 Å². The number of rotatable bonds is 6. The van der Waals surface area contributed by atoms with Gasteiger partial charge in [-0.2, -0.15) is 0 Å². The molecular formula is C16H20O2. The molecule has 1 saturated carbocycles. The lowest BCUT2D eigenvalue weighted by atomic mass is 10.0. The Balaban J connectivity index is 1.43. The van der Waals surface area contributed by atoms with Crippen LogP contribution in [0.3, 0.4) is 0 Å². The molecule has 2 aliphatic rings. The van der Waals surface area contributed by atoms with Crippen molar-refractivity contribution in [2.24, 2.45) is 5.92 Å². The first-order valence-electron chi connectivity index (χ1n) is 7.10. The van der Waals surface area contributed by atoms with Crippen molar-refractivity contribution in [3.05, 3.63) is 29.3 Å². The van der Waals surface area contributed by atoms with Gasteiger partial charge in [0.2, 0.25) is 0 Å². The molecule has 0 atom stereocenters. The fourth-order valence-corrected chi connectivity index (χ4v) is 2.63. The Bertz CT molecular complexity index is 446. The van der Waals surface area contributed by atoms with Crippen LogP contribution in [-0.2, 0) is 17.6 Å². The number of benzene rings is 1. The number of ketones is 1. The van der Waals surface area contributed by atoms with Crippen molar-refractivity contribution in [2.75, 3.05) is 6.61 Å². The minimum atomic E-state index is 0.433. The number of ether oxygens (including phenoxy) is 1. The molecule has 0 unspecified atom stereocenters. The van der Waals surface area contributed by atoms with Gasteiger partial charge in [0.1, 0.15) is 11.5 Å². The van der Waals surface area contributed by atoms with E-state index in [2.05, 4.69) is 18.2 Å². The predicted octanol–water partition coefficient (Wildman–Crippen LogP) is 3.31. The summed E-state index contributed by atoms with van der Waals surface area (Å²) in [5, 5.41) is 0. The zero-order valence-corrected chi connectivity index (χ0v) is 10.8. The summed E-state index contributed by atoms with van der Waals surface area (Å²) in [4.78, 5) is 11.6. The summed E-state index contributed by atoms with van der Waals surface area (Å²) in [6.45, 7) is 0.828. The van der Waals surface area contributed by atoms with Gasteiger partial charge >= 0.3 is 0 Å². The molecule has 0 N–H and O–H groups in total. The summed E-state index contributed by atoms with van der Waals surface area (Å²) < 4.78 is 5.50. The third kappa shape index (κ3) is 2.74. The normalized spacial score (nSPS) is 17.3. The fraction of sp³-hybridized carbons (Fsp3) is 0.562. The van der Waals surface area contributed by atoms with Gasteiger partial charge in [-0.05, 0) is 49.3 Å². The highest BCUT2D eigenvalue weighted by molar-refractivity contribution is 5.83. The molecule has 0 bridgehead atoms. The van der Waals surface area contributed by atoms with Gasteiger partial charge in [-0.1, -0.05) is 12.1 Å².